The minimum atomic E-state index is -4.66. The van der Waals surface area contributed by atoms with Gasteiger partial charge >= 0.3 is 6.18 Å². The number of rotatable bonds is 3. The van der Waals surface area contributed by atoms with Crippen LogP contribution in [0.15, 0.2) is 29.0 Å². The van der Waals surface area contributed by atoms with Gasteiger partial charge in [0.25, 0.3) is 11.8 Å². The molecule has 1 saturated carbocycles. The van der Waals surface area contributed by atoms with E-state index >= 15 is 0 Å². The lowest BCUT2D eigenvalue weighted by atomic mass is 9.85. The number of benzene rings is 1. The van der Waals surface area contributed by atoms with Crippen molar-refractivity contribution in [3.63, 3.8) is 0 Å². The molecular weight excluding hydrogens is 498 g/mol. The van der Waals surface area contributed by atoms with E-state index in [4.69, 9.17) is 0 Å². The molecule has 164 valence electrons. The van der Waals surface area contributed by atoms with Gasteiger partial charge in [-0.25, -0.2) is 23.1 Å². The van der Waals surface area contributed by atoms with E-state index in [2.05, 4.69) is 31.2 Å². The molecule has 1 N–H and O–H groups in total. The van der Waals surface area contributed by atoms with Crippen molar-refractivity contribution < 1.29 is 35.9 Å². The van der Waals surface area contributed by atoms with Crippen molar-refractivity contribution >= 4 is 33.7 Å². The molecule has 2 amide bonds. The van der Waals surface area contributed by atoms with Gasteiger partial charge < -0.3 is 4.90 Å². The van der Waals surface area contributed by atoms with Crippen LogP contribution in [0.1, 0.15) is 27.9 Å². The third-order valence-electron chi connectivity index (χ3n) is 5.22. The van der Waals surface area contributed by atoms with Crippen molar-refractivity contribution in [2.24, 2.45) is 0 Å². The molecule has 1 aromatic heterocycles. The Bertz CT molecular complexity index is 1090. The van der Waals surface area contributed by atoms with Gasteiger partial charge in [-0.1, -0.05) is 0 Å². The van der Waals surface area contributed by atoms with Crippen LogP contribution in [-0.4, -0.2) is 45.7 Å². The summed E-state index contributed by atoms with van der Waals surface area (Å²) in [7, 11) is 0. The summed E-state index contributed by atoms with van der Waals surface area (Å²) >= 11 is 2.93. The zero-order chi connectivity index (χ0) is 22.8. The number of carbonyl (C=O) groups excluding carboxylic acids is 2. The van der Waals surface area contributed by atoms with E-state index < -0.39 is 66.2 Å². The Morgan fingerprint density at radius 1 is 1.23 bits per heavy atom. The van der Waals surface area contributed by atoms with E-state index in [0.717, 1.165) is 4.90 Å². The number of alkyl halides is 5. The molecule has 0 unspecified atom stereocenters. The first kappa shape index (κ1) is 21.5. The second-order valence-electron chi connectivity index (χ2n) is 7.25. The monoisotopic (exact) mass is 508 g/mol. The van der Waals surface area contributed by atoms with Crippen LogP contribution >= 0.6 is 15.9 Å². The molecule has 13 heteroatoms. The van der Waals surface area contributed by atoms with E-state index in [1.54, 1.807) is 0 Å². The van der Waals surface area contributed by atoms with Gasteiger partial charge in [0, 0.05) is 36.5 Å². The largest absolute Gasteiger partial charge is 0.419 e. The fourth-order valence-electron chi connectivity index (χ4n) is 3.63. The summed E-state index contributed by atoms with van der Waals surface area (Å²) in [5.74, 6) is -6.41. The molecule has 1 aliphatic heterocycles. The predicted molar refractivity (Wildman–Crippen MR) is 96.9 cm³/mol. The first-order chi connectivity index (χ1) is 14.4. The first-order valence-corrected chi connectivity index (χ1v) is 9.50. The summed E-state index contributed by atoms with van der Waals surface area (Å²) in [5, 5.41) is 2.11. The van der Waals surface area contributed by atoms with E-state index in [0.29, 0.717) is 12.4 Å². The number of nitrogens with zero attached hydrogens (tertiary/aromatic N) is 3. The van der Waals surface area contributed by atoms with Gasteiger partial charge in [-0.2, -0.15) is 13.2 Å². The Hall–Kier alpha value is -2.70. The molecule has 4 rings (SSSR count). The van der Waals surface area contributed by atoms with Crippen molar-refractivity contribution in [2.75, 3.05) is 18.4 Å². The zero-order valence-electron chi connectivity index (χ0n) is 15.2. The summed E-state index contributed by atoms with van der Waals surface area (Å²) in [5.41, 5.74) is -3.74. The number of anilines is 1. The highest BCUT2D eigenvalue weighted by Crippen LogP contribution is 2.64. The number of hydrogen-bond acceptors (Lipinski definition) is 4. The molecule has 2 heterocycles. The SMILES string of the molecule is O=C(CN1C[C@]2(CC2(F)F)c2c(ccc(Br)c2F)C1=O)Nc1ncc(C(F)(F)F)cn1. The van der Waals surface area contributed by atoms with Crippen LogP contribution in [0.3, 0.4) is 0 Å². The number of aromatic nitrogens is 2. The molecule has 1 spiro atoms. The molecule has 0 saturated heterocycles. The highest BCUT2D eigenvalue weighted by molar-refractivity contribution is 9.10. The van der Waals surface area contributed by atoms with Crippen LogP contribution in [0, 0.1) is 5.82 Å². The highest BCUT2D eigenvalue weighted by atomic mass is 79.9. The topological polar surface area (TPSA) is 75.2 Å². The van der Waals surface area contributed by atoms with Crippen LogP contribution in [0.25, 0.3) is 0 Å². The van der Waals surface area contributed by atoms with E-state index in [9.17, 15) is 35.9 Å². The lowest BCUT2D eigenvalue weighted by Gasteiger charge is -2.34. The Labute approximate surface area is 178 Å². The Morgan fingerprint density at radius 3 is 2.39 bits per heavy atom. The van der Waals surface area contributed by atoms with Gasteiger partial charge in [-0.3, -0.25) is 14.9 Å². The minimum Gasteiger partial charge on any atom is -0.328 e. The van der Waals surface area contributed by atoms with Crippen molar-refractivity contribution in [1.82, 2.24) is 14.9 Å². The molecule has 31 heavy (non-hydrogen) atoms. The second kappa shape index (κ2) is 6.90. The fourth-order valence-corrected chi connectivity index (χ4v) is 3.96. The summed E-state index contributed by atoms with van der Waals surface area (Å²) in [6.07, 6.45) is -4.42. The Kier molecular flexibility index (Phi) is 4.79. The van der Waals surface area contributed by atoms with Crippen LogP contribution in [-0.2, 0) is 16.4 Å². The molecule has 0 radical (unpaired) electrons. The molecule has 1 fully saturated rings. The number of carbonyl (C=O) groups is 2. The molecule has 2 aromatic rings. The van der Waals surface area contributed by atoms with E-state index in [-0.39, 0.29) is 15.6 Å². The van der Waals surface area contributed by atoms with Crippen LogP contribution in [0.2, 0.25) is 0 Å². The third-order valence-corrected chi connectivity index (χ3v) is 5.83. The van der Waals surface area contributed by atoms with Gasteiger partial charge in [-0.05, 0) is 28.1 Å². The van der Waals surface area contributed by atoms with E-state index in [1.807, 2.05) is 0 Å². The third kappa shape index (κ3) is 3.54. The van der Waals surface area contributed by atoms with Crippen LogP contribution in [0.5, 0.6) is 0 Å². The normalized spacial score (nSPS) is 21.8. The Balaban J connectivity index is 1.55. The number of fused-ring (bicyclic) bond motifs is 2. The maximum atomic E-state index is 14.6. The van der Waals surface area contributed by atoms with Gasteiger partial charge in [0.2, 0.25) is 11.9 Å². The highest BCUT2D eigenvalue weighted by Gasteiger charge is 2.75. The molecule has 1 aromatic carbocycles. The second-order valence-corrected chi connectivity index (χ2v) is 8.10. The summed E-state index contributed by atoms with van der Waals surface area (Å²) < 4.78 is 80.7. The smallest absolute Gasteiger partial charge is 0.328 e. The Morgan fingerprint density at radius 2 is 1.84 bits per heavy atom. The molecule has 1 atom stereocenters. The summed E-state index contributed by atoms with van der Waals surface area (Å²) in [6.45, 7) is -1.29. The van der Waals surface area contributed by atoms with E-state index in [1.165, 1.54) is 12.1 Å². The average Bonchev–Trinajstić information content (AvgIpc) is 3.21. The average molecular weight is 509 g/mol. The maximum absolute atomic E-state index is 14.6. The number of halogens is 7. The van der Waals surface area contributed by atoms with Gasteiger partial charge in [-0.15, -0.1) is 0 Å². The van der Waals surface area contributed by atoms with Crippen molar-refractivity contribution in [3.8, 4) is 0 Å². The molecule has 6 nitrogen and oxygen atoms in total. The molecular formula is C18H11BrF6N4O2. The number of hydrogen-bond donors (Lipinski definition) is 1. The fraction of sp³-hybridized carbons (Fsp3) is 0.333. The first-order valence-electron chi connectivity index (χ1n) is 8.70. The standard InChI is InChI=1S/C18H11BrF6N4O2/c19-10-2-1-9-12(13(10)20)16(6-17(16,21)22)7-29(14(9)31)5-11(30)28-15-26-3-8(4-27-15)18(23,24)25/h1-4H,5-7H2,(H,26,27,28,30)/t16-/m1/s1. The van der Waals surface area contributed by atoms with Crippen LogP contribution < -0.4 is 5.32 Å². The van der Waals surface area contributed by atoms with Crippen LogP contribution in [0.4, 0.5) is 32.3 Å². The lowest BCUT2D eigenvalue weighted by molar-refractivity contribution is -0.138. The maximum Gasteiger partial charge on any atom is 0.419 e. The van der Waals surface area contributed by atoms with Crippen molar-refractivity contribution in [3.05, 3.63) is 51.5 Å². The molecule has 1 aliphatic carbocycles. The van der Waals surface area contributed by atoms with Crippen molar-refractivity contribution in [1.29, 1.82) is 0 Å². The molecule has 0 bridgehead atoms. The zero-order valence-corrected chi connectivity index (χ0v) is 16.8. The summed E-state index contributed by atoms with van der Waals surface area (Å²) in [6, 6.07) is 2.41. The van der Waals surface area contributed by atoms with Gasteiger partial charge in [0.15, 0.2) is 0 Å². The summed E-state index contributed by atoms with van der Waals surface area (Å²) in [4.78, 5) is 32.6. The number of nitrogens with one attached hydrogen (secondary N) is 1. The number of amides is 2. The lowest BCUT2D eigenvalue weighted by Crippen LogP contribution is -2.49. The molecule has 2 aliphatic rings. The predicted octanol–water partition coefficient (Wildman–Crippen LogP) is 3.77. The van der Waals surface area contributed by atoms with Gasteiger partial charge in [0.05, 0.1) is 15.5 Å². The quantitative estimate of drug-likeness (QED) is 0.640. The van der Waals surface area contributed by atoms with Crippen molar-refractivity contribution in [2.45, 2.75) is 23.9 Å². The minimum absolute atomic E-state index is 0.0632. The van der Waals surface area contributed by atoms with Gasteiger partial charge in [0.1, 0.15) is 12.4 Å².